The van der Waals surface area contributed by atoms with Gasteiger partial charge in [0.1, 0.15) is 0 Å². The average molecular weight is 196 g/mol. The van der Waals surface area contributed by atoms with Crippen LogP contribution in [0.4, 0.5) is 0 Å². The fraction of sp³-hybridized carbons (Fsp3) is 0.556. The van der Waals surface area contributed by atoms with Gasteiger partial charge in [-0.25, -0.2) is 0 Å². The molecule has 14 heavy (non-hydrogen) atoms. The molecule has 0 radical (unpaired) electrons. The van der Waals surface area contributed by atoms with E-state index >= 15 is 0 Å². The minimum Gasteiger partial charge on any atom is -0.350 e. The van der Waals surface area contributed by atoms with Crippen LogP contribution in [0.15, 0.2) is 12.3 Å². The summed E-state index contributed by atoms with van der Waals surface area (Å²) in [5.74, 6) is 0.0561. The van der Waals surface area contributed by atoms with Crippen molar-refractivity contribution in [3.05, 3.63) is 18.0 Å². The van der Waals surface area contributed by atoms with E-state index in [4.69, 9.17) is 0 Å². The topological polar surface area (TPSA) is 69.8 Å². The molecule has 0 aliphatic rings. The van der Waals surface area contributed by atoms with Crippen LogP contribution >= 0.6 is 0 Å². The lowest BCUT2D eigenvalue weighted by Crippen LogP contribution is -2.27. The molecule has 1 aromatic rings. The number of carbonyl (C=O) groups is 1. The van der Waals surface area contributed by atoms with Crippen LogP contribution in [0.2, 0.25) is 0 Å². The summed E-state index contributed by atoms with van der Waals surface area (Å²) in [5, 5.41) is 12.5. The SMILES string of the molecule is CCNCCC(=O)NCc1ccn[nH]1. The van der Waals surface area contributed by atoms with E-state index in [2.05, 4.69) is 20.8 Å². The maximum atomic E-state index is 11.2. The van der Waals surface area contributed by atoms with Gasteiger partial charge in [-0.3, -0.25) is 9.89 Å². The van der Waals surface area contributed by atoms with Gasteiger partial charge < -0.3 is 10.6 Å². The van der Waals surface area contributed by atoms with Crippen LogP contribution < -0.4 is 10.6 Å². The van der Waals surface area contributed by atoms with Crippen LogP contribution in [0.25, 0.3) is 0 Å². The van der Waals surface area contributed by atoms with Crippen LogP contribution in [0.3, 0.4) is 0 Å². The zero-order valence-corrected chi connectivity index (χ0v) is 8.34. The van der Waals surface area contributed by atoms with E-state index in [9.17, 15) is 4.79 Å². The van der Waals surface area contributed by atoms with Crippen molar-refractivity contribution in [2.24, 2.45) is 0 Å². The first-order chi connectivity index (χ1) is 6.83. The van der Waals surface area contributed by atoms with Gasteiger partial charge in [-0.05, 0) is 12.6 Å². The molecule has 0 saturated carbocycles. The molecular formula is C9H16N4O. The number of aromatic amines is 1. The number of hydrogen-bond acceptors (Lipinski definition) is 3. The van der Waals surface area contributed by atoms with Gasteiger partial charge in [0.2, 0.25) is 5.91 Å². The molecular weight excluding hydrogens is 180 g/mol. The van der Waals surface area contributed by atoms with Crippen LogP contribution in [0, 0.1) is 0 Å². The highest BCUT2D eigenvalue weighted by atomic mass is 16.1. The second kappa shape index (κ2) is 6.15. The molecule has 0 aromatic carbocycles. The summed E-state index contributed by atoms with van der Waals surface area (Å²) in [4.78, 5) is 11.2. The highest BCUT2D eigenvalue weighted by Crippen LogP contribution is 1.90. The van der Waals surface area contributed by atoms with Gasteiger partial charge in [-0.15, -0.1) is 0 Å². The Labute approximate surface area is 83.3 Å². The summed E-state index contributed by atoms with van der Waals surface area (Å²) in [6, 6.07) is 1.84. The van der Waals surface area contributed by atoms with Gasteiger partial charge in [0.25, 0.3) is 0 Å². The van der Waals surface area contributed by atoms with Crippen molar-refractivity contribution in [2.45, 2.75) is 19.9 Å². The molecule has 0 spiro atoms. The third-order valence-electron chi connectivity index (χ3n) is 1.81. The van der Waals surface area contributed by atoms with Crippen LogP contribution in [0.5, 0.6) is 0 Å². The molecule has 1 heterocycles. The molecule has 5 heteroatoms. The molecule has 0 saturated heterocycles. The second-order valence-electron chi connectivity index (χ2n) is 2.96. The highest BCUT2D eigenvalue weighted by molar-refractivity contribution is 5.75. The van der Waals surface area contributed by atoms with E-state index in [0.29, 0.717) is 13.0 Å². The summed E-state index contributed by atoms with van der Waals surface area (Å²) >= 11 is 0. The number of rotatable bonds is 6. The summed E-state index contributed by atoms with van der Waals surface area (Å²) in [6.45, 7) is 4.16. The summed E-state index contributed by atoms with van der Waals surface area (Å²) in [7, 11) is 0. The number of amides is 1. The summed E-state index contributed by atoms with van der Waals surface area (Å²) in [6.07, 6.45) is 2.18. The van der Waals surface area contributed by atoms with Gasteiger partial charge in [-0.1, -0.05) is 6.92 Å². The number of carbonyl (C=O) groups excluding carboxylic acids is 1. The lowest BCUT2D eigenvalue weighted by Gasteiger charge is -2.03. The first-order valence-electron chi connectivity index (χ1n) is 4.78. The zero-order chi connectivity index (χ0) is 10.2. The van der Waals surface area contributed by atoms with Crippen molar-refractivity contribution >= 4 is 5.91 Å². The number of aromatic nitrogens is 2. The molecule has 0 aliphatic carbocycles. The minimum absolute atomic E-state index is 0.0561. The summed E-state index contributed by atoms with van der Waals surface area (Å²) in [5.41, 5.74) is 0.918. The van der Waals surface area contributed by atoms with Crippen molar-refractivity contribution < 1.29 is 4.79 Å². The third-order valence-corrected chi connectivity index (χ3v) is 1.81. The third kappa shape index (κ3) is 4.04. The Morgan fingerprint density at radius 1 is 1.64 bits per heavy atom. The van der Waals surface area contributed by atoms with Gasteiger partial charge in [0, 0.05) is 19.2 Å². The molecule has 5 nitrogen and oxygen atoms in total. The quantitative estimate of drug-likeness (QED) is 0.562. The van der Waals surface area contributed by atoms with Crippen LogP contribution in [0.1, 0.15) is 19.0 Å². The zero-order valence-electron chi connectivity index (χ0n) is 8.34. The van der Waals surface area contributed by atoms with Crippen LogP contribution in [-0.4, -0.2) is 29.2 Å². The maximum absolute atomic E-state index is 11.2. The minimum atomic E-state index is 0.0561. The van der Waals surface area contributed by atoms with Gasteiger partial charge >= 0.3 is 0 Å². The Bertz CT molecular complexity index is 258. The monoisotopic (exact) mass is 196 g/mol. The maximum Gasteiger partial charge on any atom is 0.221 e. The highest BCUT2D eigenvalue weighted by Gasteiger charge is 2.00. The number of H-pyrrole nitrogens is 1. The number of hydrogen-bond donors (Lipinski definition) is 3. The molecule has 1 aromatic heterocycles. The van der Waals surface area contributed by atoms with Crippen molar-refractivity contribution in [2.75, 3.05) is 13.1 Å². The predicted molar refractivity (Wildman–Crippen MR) is 53.6 cm³/mol. The lowest BCUT2D eigenvalue weighted by atomic mass is 10.3. The largest absolute Gasteiger partial charge is 0.350 e. The van der Waals surface area contributed by atoms with Crippen LogP contribution in [-0.2, 0) is 11.3 Å². The second-order valence-corrected chi connectivity index (χ2v) is 2.96. The average Bonchev–Trinajstić information content (AvgIpc) is 2.68. The van der Waals surface area contributed by atoms with E-state index in [1.807, 2.05) is 13.0 Å². The van der Waals surface area contributed by atoms with Crippen molar-refractivity contribution in [1.82, 2.24) is 20.8 Å². The Kier molecular flexibility index (Phi) is 4.71. The van der Waals surface area contributed by atoms with Crippen molar-refractivity contribution in [1.29, 1.82) is 0 Å². The molecule has 0 fully saturated rings. The van der Waals surface area contributed by atoms with E-state index in [0.717, 1.165) is 18.8 Å². The Morgan fingerprint density at radius 3 is 3.14 bits per heavy atom. The lowest BCUT2D eigenvalue weighted by molar-refractivity contribution is -0.121. The predicted octanol–water partition coefficient (Wildman–Crippen LogP) is 0.0255. The molecule has 0 bridgehead atoms. The number of nitrogens with zero attached hydrogens (tertiary/aromatic N) is 1. The van der Waals surface area contributed by atoms with Gasteiger partial charge in [0.05, 0.1) is 12.2 Å². The van der Waals surface area contributed by atoms with E-state index in [1.54, 1.807) is 6.20 Å². The van der Waals surface area contributed by atoms with Gasteiger partial charge in [-0.2, -0.15) is 5.10 Å². The molecule has 0 unspecified atom stereocenters. The van der Waals surface area contributed by atoms with E-state index < -0.39 is 0 Å². The normalized spacial score (nSPS) is 10.1. The Hall–Kier alpha value is -1.36. The molecule has 78 valence electrons. The van der Waals surface area contributed by atoms with E-state index in [-0.39, 0.29) is 5.91 Å². The fourth-order valence-corrected chi connectivity index (χ4v) is 1.04. The van der Waals surface area contributed by atoms with Gasteiger partial charge in [0.15, 0.2) is 0 Å². The Balaban J connectivity index is 2.09. The fourth-order valence-electron chi connectivity index (χ4n) is 1.04. The first-order valence-corrected chi connectivity index (χ1v) is 4.78. The van der Waals surface area contributed by atoms with Crippen molar-refractivity contribution in [3.63, 3.8) is 0 Å². The number of nitrogens with one attached hydrogen (secondary N) is 3. The molecule has 0 aliphatic heterocycles. The summed E-state index contributed by atoms with van der Waals surface area (Å²) < 4.78 is 0. The molecule has 3 N–H and O–H groups in total. The molecule has 1 rings (SSSR count). The first kappa shape index (κ1) is 10.7. The Morgan fingerprint density at radius 2 is 2.50 bits per heavy atom. The van der Waals surface area contributed by atoms with Crippen molar-refractivity contribution in [3.8, 4) is 0 Å². The standard InChI is InChI=1S/C9H16N4O/c1-2-10-5-4-9(14)11-7-8-3-6-12-13-8/h3,6,10H,2,4-5,7H2,1H3,(H,11,14)(H,12,13). The molecule has 1 amide bonds. The van der Waals surface area contributed by atoms with E-state index in [1.165, 1.54) is 0 Å². The smallest absolute Gasteiger partial charge is 0.221 e. The molecule has 0 atom stereocenters.